The van der Waals surface area contributed by atoms with Crippen LogP contribution < -0.4 is 10.2 Å². The van der Waals surface area contributed by atoms with Crippen LogP contribution in [-0.4, -0.2) is 18.4 Å². The highest BCUT2D eigenvalue weighted by atomic mass is 19.1. The minimum atomic E-state index is -0.414. The summed E-state index contributed by atoms with van der Waals surface area (Å²) in [7, 11) is 0. The van der Waals surface area contributed by atoms with Crippen LogP contribution in [0.1, 0.15) is 17.5 Å². The largest absolute Gasteiger partial charge is 0.326 e. The molecule has 0 saturated carbocycles. The zero-order valence-electron chi connectivity index (χ0n) is 13.7. The molecule has 0 spiro atoms. The molecular weight excluding hydrogens is 307 g/mol. The third-order valence-electron chi connectivity index (χ3n) is 4.26. The van der Waals surface area contributed by atoms with E-state index in [1.165, 1.54) is 24.3 Å². The summed E-state index contributed by atoms with van der Waals surface area (Å²) in [6.45, 7) is 4.28. The highest BCUT2D eigenvalue weighted by Gasteiger charge is 2.35. The first-order valence-electron chi connectivity index (χ1n) is 7.88. The van der Waals surface area contributed by atoms with Gasteiger partial charge in [0.2, 0.25) is 11.8 Å². The van der Waals surface area contributed by atoms with E-state index in [9.17, 15) is 14.0 Å². The van der Waals surface area contributed by atoms with E-state index in [4.69, 9.17) is 0 Å². The number of amides is 2. The minimum Gasteiger partial charge on any atom is -0.326 e. The monoisotopic (exact) mass is 326 g/mol. The molecular formula is C19H19FN2O2. The molecule has 0 aliphatic carbocycles. The number of carbonyl (C=O) groups excluding carboxylic acids is 2. The van der Waals surface area contributed by atoms with Gasteiger partial charge in [0, 0.05) is 24.3 Å². The fourth-order valence-corrected chi connectivity index (χ4v) is 2.90. The second-order valence-corrected chi connectivity index (χ2v) is 6.19. The smallest absolute Gasteiger partial charge is 0.229 e. The fourth-order valence-electron chi connectivity index (χ4n) is 2.90. The van der Waals surface area contributed by atoms with Crippen molar-refractivity contribution >= 4 is 23.2 Å². The Hall–Kier alpha value is -2.69. The maximum Gasteiger partial charge on any atom is 0.229 e. The first-order valence-corrected chi connectivity index (χ1v) is 7.88. The Morgan fingerprint density at radius 1 is 1.17 bits per heavy atom. The number of hydrogen-bond donors (Lipinski definition) is 1. The Kier molecular flexibility index (Phi) is 4.34. The lowest BCUT2D eigenvalue weighted by molar-refractivity contribution is -0.122. The molecule has 24 heavy (non-hydrogen) atoms. The molecule has 1 saturated heterocycles. The van der Waals surface area contributed by atoms with Crippen molar-refractivity contribution in [2.24, 2.45) is 5.92 Å². The Bertz CT molecular complexity index is 786. The van der Waals surface area contributed by atoms with Gasteiger partial charge in [0.15, 0.2) is 0 Å². The molecule has 124 valence electrons. The van der Waals surface area contributed by atoms with Gasteiger partial charge in [-0.05, 0) is 55.3 Å². The van der Waals surface area contributed by atoms with Gasteiger partial charge < -0.3 is 10.2 Å². The van der Waals surface area contributed by atoms with E-state index in [0.717, 1.165) is 16.8 Å². The maximum atomic E-state index is 12.9. The van der Waals surface area contributed by atoms with Crippen molar-refractivity contribution in [1.29, 1.82) is 0 Å². The SMILES string of the molecule is Cc1ccc(C)c(N2C[C@@H](C(=O)Nc3ccc(F)cc3)CC2=O)c1. The third kappa shape index (κ3) is 3.30. The predicted molar refractivity (Wildman–Crippen MR) is 91.4 cm³/mol. The molecule has 0 radical (unpaired) electrons. The van der Waals surface area contributed by atoms with E-state index in [1.54, 1.807) is 4.90 Å². The van der Waals surface area contributed by atoms with Crippen LogP contribution in [0.3, 0.4) is 0 Å². The van der Waals surface area contributed by atoms with Gasteiger partial charge in [0.1, 0.15) is 5.82 Å². The molecule has 1 N–H and O–H groups in total. The summed E-state index contributed by atoms with van der Waals surface area (Å²) in [6.07, 6.45) is 0.181. The molecule has 2 aromatic rings. The Balaban J connectivity index is 1.73. The molecule has 1 atom stereocenters. The number of anilines is 2. The minimum absolute atomic E-state index is 0.0528. The van der Waals surface area contributed by atoms with Gasteiger partial charge in [-0.1, -0.05) is 12.1 Å². The van der Waals surface area contributed by atoms with E-state index in [2.05, 4.69) is 5.32 Å². The van der Waals surface area contributed by atoms with Crippen molar-refractivity contribution in [1.82, 2.24) is 0 Å². The van der Waals surface area contributed by atoms with Crippen LogP contribution in [0, 0.1) is 25.6 Å². The number of rotatable bonds is 3. The summed E-state index contributed by atoms with van der Waals surface area (Å²) in [5.41, 5.74) is 3.47. The third-order valence-corrected chi connectivity index (χ3v) is 4.26. The lowest BCUT2D eigenvalue weighted by Gasteiger charge is -2.19. The number of hydrogen-bond acceptors (Lipinski definition) is 2. The summed E-state index contributed by atoms with van der Waals surface area (Å²) in [6, 6.07) is 11.5. The zero-order chi connectivity index (χ0) is 17.3. The number of aryl methyl sites for hydroxylation is 2. The summed E-state index contributed by atoms with van der Waals surface area (Å²) < 4.78 is 12.9. The average molecular weight is 326 g/mol. The van der Waals surface area contributed by atoms with Gasteiger partial charge in [0.25, 0.3) is 0 Å². The van der Waals surface area contributed by atoms with E-state index in [0.29, 0.717) is 12.2 Å². The van der Waals surface area contributed by atoms with Gasteiger partial charge in [0.05, 0.1) is 5.92 Å². The lowest BCUT2D eigenvalue weighted by atomic mass is 10.1. The highest BCUT2D eigenvalue weighted by molar-refractivity contribution is 6.03. The van der Waals surface area contributed by atoms with Gasteiger partial charge in [-0.25, -0.2) is 4.39 Å². The van der Waals surface area contributed by atoms with Gasteiger partial charge in [-0.3, -0.25) is 9.59 Å². The van der Waals surface area contributed by atoms with Gasteiger partial charge in [-0.2, -0.15) is 0 Å². The zero-order valence-corrected chi connectivity index (χ0v) is 13.7. The molecule has 1 fully saturated rings. The van der Waals surface area contributed by atoms with Crippen LogP contribution in [-0.2, 0) is 9.59 Å². The molecule has 3 rings (SSSR count). The van der Waals surface area contributed by atoms with Crippen LogP contribution in [0.5, 0.6) is 0 Å². The van der Waals surface area contributed by atoms with Gasteiger partial charge in [-0.15, -0.1) is 0 Å². The molecule has 0 bridgehead atoms. The molecule has 1 heterocycles. The molecule has 2 aromatic carbocycles. The molecule has 0 aromatic heterocycles. The first-order chi connectivity index (χ1) is 11.4. The number of benzene rings is 2. The number of nitrogens with one attached hydrogen (secondary N) is 1. The van der Waals surface area contributed by atoms with E-state index < -0.39 is 5.92 Å². The van der Waals surface area contributed by atoms with Crippen molar-refractivity contribution in [3.63, 3.8) is 0 Å². The van der Waals surface area contributed by atoms with Crippen LogP contribution in [0.15, 0.2) is 42.5 Å². The van der Waals surface area contributed by atoms with Crippen molar-refractivity contribution in [3.05, 3.63) is 59.4 Å². The fraction of sp³-hybridized carbons (Fsp3) is 0.263. The van der Waals surface area contributed by atoms with Crippen LogP contribution >= 0.6 is 0 Å². The standard InChI is InChI=1S/C19H19FN2O2/c1-12-3-4-13(2)17(9-12)22-11-14(10-18(22)23)19(24)21-16-7-5-15(20)6-8-16/h3-9,14H,10-11H2,1-2H3,(H,21,24)/t14-/m0/s1. The molecule has 1 aliphatic rings. The molecule has 1 aliphatic heterocycles. The van der Waals surface area contributed by atoms with Gasteiger partial charge >= 0.3 is 0 Å². The molecule has 5 heteroatoms. The highest BCUT2D eigenvalue weighted by Crippen LogP contribution is 2.29. The predicted octanol–water partition coefficient (Wildman–Crippen LogP) is 3.43. The van der Waals surface area contributed by atoms with Crippen molar-refractivity contribution in [2.45, 2.75) is 20.3 Å². The van der Waals surface area contributed by atoms with Crippen molar-refractivity contribution in [3.8, 4) is 0 Å². The second kappa shape index (κ2) is 6.43. The molecule has 4 nitrogen and oxygen atoms in total. The maximum absolute atomic E-state index is 12.9. The second-order valence-electron chi connectivity index (χ2n) is 6.19. The average Bonchev–Trinajstić information content (AvgIpc) is 2.94. The lowest BCUT2D eigenvalue weighted by Crippen LogP contribution is -2.28. The normalized spacial score (nSPS) is 17.2. The summed E-state index contributed by atoms with van der Waals surface area (Å²) in [5.74, 6) is -1.04. The quantitative estimate of drug-likeness (QED) is 0.939. The topological polar surface area (TPSA) is 49.4 Å². The van der Waals surface area contributed by atoms with Crippen molar-refractivity contribution in [2.75, 3.05) is 16.8 Å². The van der Waals surface area contributed by atoms with Crippen LogP contribution in [0.25, 0.3) is 0 Å². The van der Waals surface area contributed by atoms with E-state index in [-0.39, 0.29) is 24.1 Å². The van der Waals surface area contributed by atoms with Crippen LogP contribution in [0.2, 0.25) is 0 Å². The number of carbonyl (C=O) groups is 2. The number of nitrogens with zero attached hydrogens (tertiary/aromatic N) is 1. The van der Waals surface area contributed by atoms with Crippen LogP contribution in [0.4, 0.5) is 15.8 Å². The summed E-state index contributed by atoms with van der Waals surface area (Å²) >= 11 is 0. The van der Waals surface area contributed by atoms with Crippen molar-refractivity contribution < 1.29 is 14.0 Å². The molecule has 0 unspecified atom stereocenters. The Labute approximate surface area is 140 Å². The summed E-state index contributed by atoms with van der Waals surface area (Å²) in [4.78, 5) is 26.4. The molecule has 2 amide bonds. The number of halogens is 1. The Morgan fingerprint density at radius 3 is 2.58 bits per heavy atom. The Morgan fingerprint density at radius 2 is 1.88 bits per heavy atom. The first kappa shape index (κ1) is 16.2. The summed E-state index contributed by atoms with van der Waals surface area (Å²) in [5, 5.41) is 2.75. The van der Waals surface area contributed by atoms with E-state index >= 15 is 0 Å². The van der Waals surface area contributed by atoms with E-state index in [1.807, 2.05) is 32.0 Å².